The normalized spacial score (nSPS) is 18.8. The first-order valence-corrected chi connectivity index (χ1v) is 7.60. The van der Waals surface area contributed by atoms with Crippen LogP contribution in [0, 0.1) is 0 Å². The van der Waals surface area contributed by atoms with Gasteiger partial charge in [0.2, 0.25) is 0 Å². The van der Waals surface area contributed by atoms with E-state index in [1.165, 1.54) is 6.42 Å². The summed E-state index contributed by atoms with van der Waals surface area (Å²) in [6.07, 6.45) is 3.21. The number of rotatable bonds is 5. The average Bonchev–Trinajstić information content (AvgIpc) is 3.04. The van der Waals surface area contributed by atoms with Crippen LogP contribution in [0.25, 0.3) is 0 Å². The number of hydrogen-bond acceptors (Lipinski definition) is 3. The highest BCUT2D eigenvalue weighted by molar-refractivity contribution is 5.93. The molecule has 1 aliphatic heterocycles. The molecular formula is C15H26N4O. The Bertz CT molecular complexity index is 460. The zero-order chi connectivity index (χ0) is 14.7. The monoisotopic (exact) mass is 278 g/mol. The molecule has 1 saturated heterocycles. The molecule has 5 nitrogen and oxygen atoms in total. The maximum atomic E-state index is 12.8. The summed E-state index contributed by atoms with van der Waals surface area (Å²) in [5, 5.41) is 7.84. The summed E-state index contributed by atoms with van der Waals surface area (Å²) in [5.41, 5.74) is 1.66. The Morgan fingerprint density at radius 1 is 1.60 bits per heavy atom. The summed E-state index contributed by atoms with van der Waals surface area (Å²) in [4.78, 5) is 14.7. The highest BCUT2D eigenvalue weighted by atomic mass is 16.2. The summed E-state index contributed by atoms with van der Waals surface area (Å²) in [6, 6.07) is 2.55. The van der Waals surface area contributed by atoms with Gasteiger partial charge < -0.3 is 10.2 Å². The third-order valence-electron chi connectivity index (χ3n) is 3.98. The molecule has 0 radical (unpaired) electrons. The number of hydrogen-bond donors (Lipinski definition) is 1. The minimum atomic E-state index is 0.0865. The summed E-state index contributed by atoms with van der Waals surface area (Å²) in [7, 11) is 1.85. The number of aryl methyl sites for hydroxylation is 2. The van der Waals surface area contributed by atoms with Gasteiger partial charge in [-0.2, -0.15) is 5.10 Å². The molecule has 1 aromatic rings. The molecule has 5 heteroatoms. The van der Waals surface area contributed by atoms with Crippen LogP contribution >= 0.6 is 0 Å². The van der Waals surface area contributed by atoms with Crippen LogP contribution in [-0.2, 0) is 13.5 Å². The molecule has 1 N–H and O–H groups in total. The molecule has 0 saturated carbocycles. The van der Waals surface area contributed by atoms with Crippen LogP contribution in [0.2, 0.25) is 0 Å². The third-order valence-corrected chi connectivity index (χ3v) is 3.98. The lowest BCUT2D eigenvalue weighted by atomic mass is 10.1. The van der Waals surface area contributed by atoms with E-state index < -0.39 is 0 Å². The number of nitrogens with one attached hydrogen (secondary N) is 1. The number of aromatic nitrogens is 2. The van der Waals surface area contributed by atoms with E-state index >= 15 is 0 Å². The molecule has 1 unspecified atom stereocenters. The molecule has 2 heterocycles. The lowest BCUT2D eigenvalue weighted by molar-refractivity contribution is 0.0678. The Kier molecular flexibility index (Phi) is 4.81. The Hall–Kier alpha value is -1.36. The van der Waals surface area contributed by atoms with Crippen LogP contribution in [0.5, 0.6) is 0 Å². The van der Waals surface area contributed by atoms with E-state index in [1.54, 1.807) is 4.68 Å². The van der Waals surface area contributed by atoms with Crippen molar-refractivity contribution in [1.82, 2.24) is 20.0 Å². The Morgan fingerprint density at radius 3 is 2.85 bits per heavy atom. The molecule has 0 aliphatic carbocycles. The van der Waals surface area contributed by atoms with Crippen LogP contribution in [-0.4, -0.2) is 45.8 Å². The van der Waals surface area contributed by atoms with Crippen molar-refractivity contribution in [2.75, 3.05) is 13.1 Å². The van der Waals surface area contributed by atoms with E-state index in [1.807, 2.05) is 18.0 Å². The molecule has 0 aromatic carbocycles. The van der Waals surface area contributed by atoms with Crippen LogP contribution in [0.3, 0.4) is 0 Å². The van der Waals surface area contributed by atoms with Crippen molar-refractivity contribution in [1.29, 1.82) is 0 Å². The summed E-state index contributed by atoms with van der Waals surface area (Å²) in [6.45, 7) is 8.05. The fraction of sp³-hybridized carbons (Fsp3) is 0.733. The fourth-order valence-electron chi connectivity index (χ4n) is 2.72. The predicted molar refractivity (Wildman–Crippen MR) is 79.8 cm³/mol. The van der Waals surface area contributed by atoms with E-state index in [2.05, 4.69) is 31.2 Å². The van der Waals surface area contributed by atoms with Gasteiger partial charge in [-0.05, 0) is 45.7 Å². The highest BCUT2D eigenvalue weighted by Gasteiger charge is 2.26. The van der Waals surface area contributed by atoms with Crippen LogP contribution in [0.4, 0.5) is 0 Å². The first-order valence-electron chi connectivity index (χ1n) is 7.60. The first kappa shape index (κ1) is 15.0. The van der Waals surface area contributed by atoms with Gasteiger partial charge in [0.05, 0.1) is 5.69 Å². The summed E-state index contributed by atoms with van der Waals surface area (Å²) < 4.78 is 1.71. The topological polar surface area (TPSA) is 50.2 Å². The fourth-order valence-corrected chi connectivity index (χ4v) is 2.72. The Balaban J connectivity index is 2.14. The minimum absolute atomic E-state index is 0.0865. The molecule has 1 aliphatic rings. The lowest BCUT2D eigenvalue weighted by Crippen LogP contribution is -2.45. The SMILES string of the molecule is CCc1cc(C(=O)N(CC2CCCN2)C(C)C)n(C)n1. The van der Waals surface area contributed by atoms with Gasteiger partial charge in [-0.3, -0.25) is 9.48 Å². The maximum Gasteiger partial charge on any atom is 0.272 e. The Labute approximate surface area is 121 Å². The van der Waals surface area contributed by atoms with Gasteiger partial charge in [-0.25, -0.2) is 0 Å². The van der Waals surface area contributed by atoms with Crippen molar-refractivity contribution in [3.05, 3.63) is 17.5 Å². The van der Waals surface area contributed by atoms with Gasteiger partial charge in [-0.1, -0.05) is 6.92 Å². The van der Waals surface area contributed by atoms with Crippen molar-refractivity contribution in [3.8, 4) is 0 Å². The molecule has 1 atom stereocenters. The molecular weight excluding hydrogens is 252 g/mol. The molecule has 2 rings (SSSR count). The van der Waals surface area contributed by atoms with E-state index in [-0.39, 0.29) is 11.9 Å². The van der Waals surface area contributed by atoms with Crippen LogP contribution in [0.1, 0.15) is 49.8 Å². The van der Waals surface area contributed by atoms with Gasteiger partial charge in [0.1, 0.15) is 5.69 Å². The second-order valence-corrected chi connectivity index (χ2v) is 5.84. The van der Waals surface area contributed by atoms with Gasteiger partial charge in [0, 0.05) is 25.7 Å². The van der Waals surface area contributed by atoms with E-state index in [4.69, 9.17) is 0 Å². The molecule has 1 fully saturated rings. The molecule has 0 bridgehead atoms. The zero-order valence-electron chi connectivity index (χ0n) is 13.0. The van der Waals surface area contributed by atoms with E-state index in [9.17, 15) is 4.79 Å². The maximum absolute atomic E-state index is 12.8. The van der Waals surface area contributed by atoms with E-state index in [0.29, 0.717) is 11.7 Å². The molecule has 112 valence electrons. The number of nitrogens with zero attached hydrogens (tertiary/aromatic N) is 3. The van der Waals surface area contributed by atoms with Crippen molar-refractivity contribution in [3.63, 3.8) is 0 Å². The average molecular weight is 278 g/mol. The van der Waals surface area contributed by atoms with Crippen molar-refractivity contribution in [2.24, 2.45) is 7.05 Å². The Morgan fingerprint density at radius 2 is 2.35 bits per heavy atom. The largest absolute Gasteiger partial charge is 0.333 e. The van der Waals surface area contributed by atoms with Crippen molar-refractivity contribution >= 4 is 5.91 Å². The number of carbonyl (C=O) groups excluding carboxylic acids is 1. The molecule has 20 heavy (non-hydrogen) atoms. The highest BCUT2D eigenvalue weighted by Crippen LogP contribution is 2.14. The smallest absolute Gasteiger partial charge is 0.272 e. The quantitative estimate of drug-likeness (QED) is 0.890. The second-order valence-electron chi connectivity index (χ2n) is 5.84. The first-order chi connectivity index (χ1) is 9.52. The van der Waals surface area contributed by atoms with Crippen LogP contribution < -0.4 is 5.32 Å². The second kappa shape index (κ2) is 6.39. The number of carbonyl (C=O) groups is 1. The van der Waals surface area contributed by atoms with Crippen molar-refractivity contribution < 1.29 is 4.79 Å². The predicted octanol–water partition coefficient (Wildman–Crippen LogP) is 1.59. The standard InChI is InChI=1S/C15H26N4O/c1-5-12-9-14(18(4)17-12)15(20)19(11(2)3)10-13-7-6-8-16-13/h9,11,13,16H,5-8,10H2,1-4H3. The van der Waals surface area contributed by atoms with Gasteiger partial charge >= 0.3 is 0 Å². The summed E-state index contributed by atoms with van der Waals surface area (Å²) >= 11 is 0. The third kappa shape index (κ3) is 3.20. The zero-order valence-corrected chi connectivity index (χ0v) is 13.0. The molecule has 1 aromatic heterocycles. The van der Waals surface area contributed by atoms with Gasteiger partial charge in [0.25, 0.3) is 5.91 Å². The van der Waals surface area contributed by atoms with Crippen molar-refractivity contribution in [2.45, 2.75) is 52.1 Å². The van der Waals surface area contributed by atoms with Gasteiger partial charge in [-0.15, -0.1) is 0 Å². The number of amides is 1. The lowest BCUT2D eigenvalue weighted by Gasteiger charge is -2.29. The molecule has 1 amide bonds. The van der Waals surface area contributed by atoms with Gasteiger partial charge in [0.15, 0.2) is 0 Å². The van der Waals surface area contributed by atoms with Crippen LogP contribution in [0.15, 0.2) is 6.07 Å². The minimum Gasteiger partial charge on any atom is -0.333 e. The summed E-state index contributed by atoms with van der Waals surface area (Å²) in [5.74, 6) is 0.0865. The molecule has 0 spiro atoms. The van der Waals surface area contributed by atoms with E-state index in [0.717, 1.165) is 31.6 Å².